The van der Waals surface area contributed by atoms with Gasteiger partial charge in [0.25, 0.3) is 10.2 Å². The maximum absolute atomic E-state index is 12.5. The molecule has 0 amide bonds. The van der Waals surface area contributed by atoms with E-state index >= 15 is 0 Å². The van der Waals surface area contributed by atoms with Gasteiger partial charge >= 0.3 is 0 Å². The number of rotatable bonds is 6. The molecule has 0 aromatic rings. The van der Waals surface area contributed by atoms with Crippen molar-refractivity contribution in [1.82, 2.24) is 13.9 Å². The van der Waals surface area contributed by atoms with Crippen LogP contribution in [0.25, 0.3) is 0 Å². The molecule has 2 heterocycles. The SMILES string of the molecule is CC(CN1CCCCC1)NS(=O)(=O)N1CCCCC1CN. The van der Waals surface area contributed by atoms with Crippen LogP contribution >= 0.6 is 0 Å². The van der Waals surface area contributed by atoms with Gasteiger partial charge in [-0.15, -0.1) is 0 Å². The average Bonchev–Trinajstić information content (AvgIpc) is 2.47. The van der Waals surface area contributed by atoms with Gasteiger partial charge in [0, 0.05) is 31.7 Å². The lowest BCUT2D eigenvalue weighted by molar-refractivity contribution is 0.211. The van der Waals surface area contributed by atoms with E-state index in [2.05, 4.69) is 9.62 Å². The Morgan fingerprint density at radius 3 is 2.48 bits per heavy atom. The molecule has 2 atom stereocenters. The van der Waals surface area contributed by atoms with Gasteiger partial charge in [-0.25, -0.2) is 0 Å². The summed E-state index contributed by atoms with van der Waals surface area (Å²) >= 11 is 0. The minimum absolute atomic E-state index is 0.0431. The number of nitrogens with two attached hydrogens (primary N) is 1. The zero-order chi connectivity index (χ0) is 15.3. The first-order valence-corrected chi connectivity index (χ1v) is 9.68. The second-order valence-electron chi connectivity index (χ2n) is 6.38. The van der Waals surface area contributed by atoms with Crippen LogP contribution in [0.1, 0.15) is 45.4 Å². The van der Waals surface area contributed by atoms with E-state index in [9.17, 15) is 8.42 Å². The molecule has 2 aliphatic heterocycles. The fourth-order valence-corrected chi connectivity index (χ4v) is 5.09. The quantitative estimate of drug-likeness (QED) is 0.748. The van der Waals surface area contributed by atoms with Crippen molar-refractivity contribution in [3.63, 3.8) is 0 Å². The van der Waals surface area contributed by atoms with Crippen LogP contribution in [0.3, 0.4) is 0 Å². The van der Waals surface area contributed by atoms with Gasteiger partial charge < -0.3 is 10.6 Å². The molecule has 3 N–H and O–H groups in total. The van der Waals surface area contributed by atoms with Crippen molar-refractivity contribution in [2.45, 2.75) is 57.5 Å². The van der Waals surface area contributed by atoms with Gasteiger partial charge in [-0.05, 0) is 45.7 Å². The van der Waals surface area contributed by atoms with Crippen molar-refractivity contribution < 1.29 is 8.42 Å². The third-order valence-corrected chi connectivity index (χ3v) is 6.28. The number of hydrogen-bond donors (Lipinski definition) is 2. The van der Waals surface area contributed by atoms with E-state index in [-0.39, 0.29) is 12.1 Å². The predicted molar refractivity (Wildman–Crippen MR) is 85.2 cm³/mol. The Morgan fingerprint density at radius 2 is 1.81 bits per heavy atom. The molecule has 0 aromatic heterocycles. The first-order valence-electron chi connectivity index (χ1n) is 8.24. The van der Waals surface area contributed by atoms with Crippen LogP contribution in [-0.4, -0.2) is 62.4 Å². The Balaban J connectivity index is 1.89. The van der Waals surface area contributed by atoms with Crippen LogP contribution in [0.4, 0.5) is 0 Å². The normalized spacial score (nSPS) is 27.6. The lowest BCUT2D eigenvalue weighted by atomic mass is 10.1. The molecule has 2 aliphatic rings. The van der Waals surface area contributed by atoms with E-state index in [1.165, 1.54) is 19.3 Å². The van der Waals surface area contributed by atoms with E-state index in [1.54, 1.807) is 4.31 Å². The molecule has 2 unspecified atom stereocenters. The van der Waals surface area contributed by atoms with Crippen LogP contribution in [0.2, 0.25) is 0 Å². The second-order valence-corrected chi connectivity index (χ2v) is 8.04. The number of nitrogens with one attached hydrogen (secondary N) is 1. The highest BCUT2D eigenvalue weighted by Crippen LogP contribution is 2.19. The van der Waals surface area contributed by atoms with Crippen LogP contribution in [0, 0.1) is 0 Å². The Morgan fingerprint density at radius 1 is 1.14 bits per heavy atom. The molecule has 124 valence electrons. The molecule has 21 heavy (non-hydrogen) atoms. The molecule has 2 fully saturated rings. The number of likely N-dealkylation sites (tertiary alicyclic amines) is 1. The summed E-state index contributed by atoms with van der Waals surface area (Å²) in [4.78, 5) is 2.35. The van der Waals surface area contributed by atoms with Crippen LogP contribution in [0.15, 0.2) is 0 Å². The third kappa shape index (κ3) is 4.89. The maximum atomic E-state index is 12.5. The van der Waals surface area contributed by atoms with Crippen LogP contribution in [-0.2, 0) is 10.2 Å². The monoisotopic (exact) mass is 318 g/mol. The van der Waals surface area contributed by atoms with E-state index in [0.717, 1.165) is 38.9 Å². The van der Waals surface area contributed by atoms with Gasteiger partial charge in [0.1, 0.15) is 0 Å². The highest BCUT2D eigenvalue weighted by atomic mass is 32.2. The minimum atomic E-state index is -3.42. The standard InChI is InChI=1S/C14H30N4O2S/c1-13(12-17-8-4-2-5-9-17)16-21(19,20)18-10-6-3-7-14(18)11-15/h13-14,16H,2-12,15H2,1H3. The molecule has 6 nitrogen and oxygen atoms in total. The van der Waals surface area contributed by atoms with Crippen molar-refractivity contribution >= 4 is 10.2 Å². The van der Waals surface area contributed by atoms with E-state index in [1.807, 2.05) is 6.92 Å². The van der Waals surface area contributed by atoms with Crippen molar-refractivity contribution in [2.75, 3.05) is 32.7 Å². The molecule has 0 saturated carbocycles. The van der Waals surface area contributed by atoms with E-state index < -0.39 is 10.2 Å². The summed E-state index contributed by atoms with van der Waals surface area (Å²) in [6.07, 6.45) is 6.61. The number of hydrogen-bond acceptors (Lipinski definition) is 4. The summed E-state index contributed by atoms with van der Waals surface area (Å²) < 4.78 is 29.5. The zero-order valence-electron chi connectivity index (χ0n) is 13.1. The number of piperidine rings is 2. The molecule has 7 heteroatoms. The van der Waals surface area contributed by atoms with Crippen LogP contribution < -0.4 is 10.5 Å². The molecule has 2 rings (SSSR count). The van der Waals surface area contributed by atoms with Crippen molar-refractivity contribution in [3.05, 3.63) is 0 Å². The summed E-state index contributed by atoms with van der Waals surface area (Å²) in [6.45, 7) is 5.91. The lowest BCUT2D eigenvalue weighted by Gasteiger charge is -2.35. The number of nitrogens with zero attached hydrogens (tertiary/aromatic N) is 2. The van der Waals surface area contributed by atoms with Crippen molar-refractivity contribution in [2.24, 2.45) is 5.73 Å². The summed E-state index contributed by atoms with van der Waals surface area (Å²) in [7, 11) is -3.42. The van der Waals surface area contributed by atoms with Gasteiger partial charge in [-0.1, -0.05) is 12.8 Å². The Labute approximate surface area is 129 Å². The first-order chi connectivity index (χ1) is 10.0. The molecule has 0 radical (unpaired) electrons. The minimum Gasteiger partial charge on any atom is -0.329 e. The maximum Gasteiger partial charge on any atom is 0.280 e. The Hall–Kier alpha value is -0.210. The second kappa shape index (κ2) is 7.87. The highest BCUT2D eigenvalue weighted by molar-refractivity contribution is 7.87. The Bertz CT molecular complexity index is 409. The molecular weight excluding hydrogens is 288 g/mol. The molecular formula is C14H30N4O2S. The average molecular weight is 318 g/mol. The third-order valence-electron chi connectivity index (χ3n) is 4.48. The summed E-state index contributed by atoms with van der Waals surface area (Å²) in [5.74, 6) is 0. The predicted octanol–water partition coefficient (Wildman–Crippen LogP) is 0.508. The first kappa shape index (κ1) is 17.1. The van der Waals surface area contributed by atoms with Crippen molar-refractivity contribution in [1.29, 1.82) is 0 Å². The molecule has 0 aliphatic carbocycles. The zero-order valence-corrected chi connectivity index (χ0v) is 13.9. The summed E-state index contributed by atoms with van der Waals surface area (Å²) in [6, 6.07) is -0.105. The van der Waals surface area contributed by atoms with E-state index in [4.69, 9.17) is 5.73 Å². The highest BCUT2D eigenvalue weighted by Gasteiger charge is 2.32. The molecule has 0 aromatic carbocycles. The molecule has 0 spiro atoms. The van der Waals surface area contributed by atoms with Crippen molar-refractivity contribution in [3.8, 4) is 0 Å². The smallest absolute Gasteiger partial charge is 0.280 e. The summed E-state index contributed by atoms with van der Waals surface area (Å²) in [5, 5.41) is 0. The van der Waals surface area contributed by atoms with Gasteiger partial charge in [-0.3, -0.25) is 0 Å². The fourth-order valence-electron chi connectivity index (χ4n) is 3.41. The van der Waals surface area contributed by atoms with Gasteiger partial charge in [0.05, 0.1) is 0 Å². The topological polar surface area (TPSA) is 78.7 Å². The lowest BCUT2D eigenvalue weighted by Crippen LogP contribution is -2.54. The molecule has 2 saturated heterocycles. The van der Waals surface area contributed by atoms with Crippen LogP contribution in [0.5, 0.6) is 0 Å². The largest absolute Gasteiger partial charge is 0.329 e. The van der Waals surface area contributed by atoms with Gasteiger partial charge in [0.2, 0.25) is 0 Å². The Kier molecular flexibility index (Phi) is 6.43. The van der Waals surface area contributed by atoms with Gasteiger partial charge in [-0.2, -0.15) is 17.4 Å². The summed E-state index contributed by atoms with van der Waals surface area (Å²) in [5.41, 5.74) is 5.73. The molecule has 0 bridgehead atoms. The fraction of sp³-hybridized carbons (Fsp3) is 1.00. The van der Waals surface area contributed by atoms with E-state index in [0.29, 0.717) is 13.1 Å². The van der Waals surface area contributed by atoms with Gasteiger partial charge in [0.15, 0.2) is 0 Å².